The lowest BCUT2D eigenvalue weighted by Crippen LogP contribution is -2.26. The van der Waals surface area contributed by atoms with Crippen LogP contribution >= 0.6 is 34.7 Å². The summed E-state index contributed by atoms with van der Waals surface area (Å²) in [6.45, 7) is 0.400. The van der Waals surface area contributed by atoms with Crippen molar-refractivity contribution in [3.63, 3.8) is 0 Å². The van der Waals surface area contributed by atoms with Gasteiger partial charge in [-0.05, 0) is 46.8 Å². The zero-order chi connectivity index (χ0) is 22.7. The fraction of sp³-hybridized carbons (Fsp3) is 0.136. The average Bonchev–Trinajstić information content (AvgIpc) is 3.25. The number of carbonyl (C=O) groups excluding carboxylic acids is 1. The quantitative estimate of drug-likeness (QED) is 0.296. The summed E-state index contributed by atoms with van der Waals surface area (Å²) in [5.41, 5.74) is 1.77. The molecular formula is C22H16ClF2N3O2S2. The van der Waals surface area contributed by atoms with Crippen LogP contribution in [0, 0.1) is 11.6 Å². The first-order valence-corrected chi connectivity index (χ1v) is 11.7. The third-order valence-corrected chi connectivity index (χ3v) is 6.75. The lowest BCUT2D eigenvalue weighted by Gasteiger charge is -2.12. The number of hydrogen-bond acceptors (Lipinski definition) is 5. The van der Waals surface area contributed by atoms with Gasteiger partial charge >= 0.3 is 0 Å². The minimum atomic E-state index is -0.522. The van der Waals surface area contributed by atoms with Crippen LogP contribution in [0.3, 0.4) is 0 Å². The first kappa shape index (κ1) is 22.4. The Morgan fingerprint density at radius 2 is 1.88 bits per heavy atom. The molecule has 0 unspecified atom stereocenters. The SMILES string of the molecule is O=C(CSc1nc2ccsc2c(=O)n1Cc1ccc(F)cc1)NCc1ccc(F)c(Cl)c1. The van der Waals surface area contributed by atoms with E-state index in [2.05, 4.69) is 10.3 Å². The van der Waals surface area contributed by atoms with Crippen molar-refractivity contribution in [2.75, 3.05) is 5.75 Å². The van der Waals surface area contributed by atoms with Crippen molar-refractivity contribution in [1.29, 1.82) is 0 Å². The van der Waals surface area contributed by atoms with Gasteiger partial charge < -0.3 is 5.32 Å². The Morgan fingerprint density at radius 3 is 2.62 bits per heavy atom. The molecule has 4 aromatic rings. The maximum Gasteiger partial charge on any atom is 0.272 e. The van der Waals surface area contributed by atoms with Crippen LogP contribution in [0.5, 0.6) is 0 Å². The van der Waals surface area contributed by atoms with Gasteiger partial charge in [0.1, 0.15) is 16.3 Å². The molecule has 4 rings (SSSR count). The second kappa shape index (κ2) is 9.81. The monoisotopic (exact) mass is 491 g/mol. The molecule has 10 heteroatoms. The van der Waals surface area contributed by atoms with Crippen molar-refractivity contribution in [3.8, 4) is 0 Å². The van der Waals surface area contributed by atoms with Gasteiger partial charge in [-0.3, -0.25) is 14.2 Å². The summed E-state index contributed by atoms with van der Waals surface area (Å²) in [6, 6.07) is 11.9. The normalized spacial score (nSPS) is 11.1. The van der Waals surface area contributed by atoms with E-state index in [1.165, 1.54) is 40.2 Å². The number of nitrogens with one attached hydrogen (secondary N) is 1. The molecule has 0 aliphatic heterocycles. The molecule has 0 bridgehead atoms. The van der Waals surface area contributed by atoms with Crippen molar-refractivity contribution >= 4 is 50.8 Å². The molecule has 1 N–H and O–H groups in total. The largest absolute Gasteiger partial charge is 0.351 e. The summed E-state index contributed by atoms with van der Waals surface area (Å²) in [4.78, 5) is 29.9. The van der Waals surface area contributed by atoms with Crippen LogP contribution in [0.15, 0.2) is 63.9 Å². The average molecular weight is 492 g/mol. The number of amides is 1. The molecule has 0 radical (unpaired) electrons. The summed E-state index contributed by atoms with van der Waals surface area (Å²) >= 11 is 8.20. The molecule has 0 fully saturated rings. The highest BCUT2D eigenvalue weighted by Gasteiger charge is 2.15. The van der Waals surface area contributed by atoms with E-state index in [1.54, 1.807) is 29.6 Å². The minimum Gasteiger partial charge on any atom is -0.351 e. The number of halogens is 3. The van der Waals surface area contributed by atoms with Gasteiger partial charge in [0, 0.05) is 6.54 Å². The second-order valence-corrected chi connectivity index (χ2v) is 9.13. The Bertz CT molecular complexity index is 1340. The topological polar surface area (TPSA) is 64.0 Å². The summed E-state index contributed by atoms with van der Waals surface area (Å²) in [6.07, 6.45) is 0. The Morgan fingerprint density at radius 1 is 1.12 bits per heavy atom. The van der Waals surface area contributed by atoms with Gasteiger partial charge in [0.25, 0.3) is 5.56 Å². The van der Waals surface area contributed by atoms with E-state index in [0.29, 0.717) is 20.9 Å². The number of carbonyl (C=O) groups is 1. The number of thioether (sulfide) groups is 1. The van der Waals surface area contributed by atoms with E-state index in [0.717, 1.165) is 17.3 Å². The third-order valence-electron chi connectivity index (χ3n) is 4.59. The highest BCUT2D eigenvalue weighted by molar-refractivity contribution is 7.99. The summed E-state index contributed by atoms with van der Waals surface area (Å²) in [7, 11) is 0. The van der Waals surface area contributed by atoms with Crippen LogP contribution in [0.1, 0.15) is 11.1 Å². The minimum absolute atomic E-state index is 0.0100. The van der Waals surface area contributed by atoms with Crippen LogP contribution in [0.4, 0.5) is 8.78 Å². The number of benzene rings is 2. The van der Waals surface area contributed by atoms with Crippen LogP contribution < -0.4 is 10.9 Å². The summed E-state index contributed by atoms with van der Waals surface area (Å²) in [5.74, 6) is -1.13. The molecule has 1 amide bonds. The number of thiophene rings is 1. The molecule has 32 heavy (non-hydrogen) atoms. The summed E-state index contributed by atoms with van der Waals surface area (Å²) < 4.78 is 28.5. The fourth-order valence-corrected chi connectivity index (χ4v) is 4.79. The highest BCUT2D eigenvalue weighted by Crippen LogP contribution is 2.22. The van der Waals surface area contributed by atoms with Crippen LogP contribution in [0.2, 0.25) is 5.02 Å². The van der Waals surface area contributed by atoms with Gasteiger partial charge in [0.2, 0.25) is 5.91 Å². The number of aromatic nitrogens is 2. The molecule has 0 aliphatic rings. The standard InChI is InChI=1S/C22H16ClF2N3O2S2/c23-16-9-14(3-6-17(16)25)10-26-19(29)12-32-22-27-18-7-8-31-20(18)21(30)28(22)11-13-1-4-15(24)5-2-13/h1-9H,10-12H2,(H,26,29). The molecule has 0 saturated carbocycles. The zero-order valence-corrected chi connectivity index (χ0v) is 18.9. The first-order valence-electron chi connectivity index (χ1n) is 9.46. The Balaban J connectivity index is 1.49. The Hall–Kier alpha value is -2.75. The van der Waals surface area contributed by atoms with Gasteiger partial charge in [-0.15, -0.1) is 11.3 Å². The number of fused-ring (bicyclic) bond motifs is 1. The predicted molar refractivity (Wildman–Crippen MR) is 123 cm³/mol. The van der Waals surface area contributed by atoms with E-state index < -0.39 is 5.82 Å². The van der Waals surface area contributed by atoms with Crippen molar-refractivity contribution in [2.24, 2.45) is 0 Å². The molecular weight excluding hydrogens is 476 g/mol. The molecule has 164 valence electrons. The highest BCUT2D eigenvalue weighted by atomic mass is 35.5. The zero-order valence-electron chi connectivity index (χ0n) is 16.5. The summed E-state index contributed by atoms with van der Waals surface area (Å²) in [5, 5.41) is 4.91. The van der Waals surface area contributed by atoms with Gasteiger partial charge in [-0.1, -0.05) is 41.6 Å². The van der Waals surface area contributed by atoms with Crippen LogP contribution in [-0.4, -0.2) is 21.2 Å². The molecule has 2 aromatic carbocycles. The van der Waals surface area contributed by atoms with Gasteiger partial charge in [0.15, 0.2) is 5.16 Å². The molecule has 2 heterocycles. The molecule has 0 atom stereocenters. The maximum atomic E-state index is 13.3. The second-order valence-electron chi connectivity index (χ2n) is 6.86. The number of nitrogens with zero attached hydrogens (tertiary/aromatic N) is 2. The van der Waals surface area contributed by atoms with Crippen molar-refractivity contribution in [3.05, 3.63) is 92.0 Å². The van der Waals surface area contributed by atoms with E-state index in [9.17, 15) is 18.4 Å². The number of rotatable bonds is 7. The van der Waals surface area contributed by atoms with Crippen LogP contribution in [0.25, 0.3) is 10.2 Å². The molecule has 5 nitrogen and oxygen atoms in total. The van der Waals surface area contributed by atoms with Crippen molar-refractivity contribution in [1.82, 2.24) is 14.9 Å². The molecule has 2 aromatic heterocycles. The van der Waals surface area contributed by atoms with Gasteiger partial charge in [-0.2, -0.15) is 0 Å². The van der Waals surface area contributed by atoms with E-state index in [1.807, 2.05) is 0 Å². The van der Waals surface area contributed by atoms with E-state index in [-0.39, 0.29) is 41.1 Å². The van der Waals surface area contributed by atoms with E-state index in [4.69, 9.17) is 11.6 Å². The van der Waals surface area contributed by atoms with Gasteiger partial charge in [0.05, 0.1) is 22.8 Å². The Labute approximate surface area is 195 Å². The lowest BCUT2D eigenvalue weighted by atomic mass is 10.2. The van der Waals surface area contributed by atoms with Crippen molar-refractivity contribution < 1.29 is 13.6 Å². The van der Waals surface area contributed by atoms with Crippen molar-refractivity contribution in [2.45, 2.75) is 18.2 Å². The van der Waals surface area contributed by atoms with Gasteiger partial charge in [-0.25, -0.2) is 13.8 Å². The molecule has 0 spiro atoms. The molecule has 0 aliphatic carbocycles. The first-order chi connectivity index (χ1) is 15.4. The lowest BCUT2D eigenvalue weighted by molar-refractivity contribution is -0.118. The maximum absolute atomic E-state index is 13.3. The predicted octanol–water partition coefficient (Wildman–Crippen LogP) is 4.85. The fourth-order valence-electron chi connectivity index (χ4n) is 2.98. The van der Waals surface area contributed by atoms with E-state index >= 15 is 0 Å². The Kier molecular flexibility index (Phi) is 6.88. The molecule has 0 saturated heterocycles. The van der Waals surface area contributed by atoms with Crippen LogP contribution in [-0.2, 0) is 17.9 Å². The smallest absolute Gasteiger partial charge is 0.272 e. The third kappa shape index (κ3) is 5.17. The number of hydrogen-bond donors (Lipinski definition) is 1.